The number of anilines is 1. The van der Waals surface area contributed by atoms with Gasteiger partial charge in [0.25, 0.3) is 11.8 Å². The molecule has 2 atom stereocenters. The summed E-state index contributed by atoms with van der Waals surface area (Å²) < 4.78 is 1.07. The maximum absolute atomic E-state index is 12.9. The third kappa shape index (κ3) is 4.97. The van der Waals surface area contributed by atoms with Gasteiger partial charge >= 0.3 is 11.9 Å². The zero-order chi connectivity index (χ0) is 26.0. The van der Waals surface area contributed by atoms with Crippen LogP contribution in [0, 0.1) is 0 Å². The SMILES string of the molecule is CO/N=C(\C(=O)NC1C(=O)N2C(C(=O)O)=C(CSc3nnnn3CC(=O)O)CS[C@H]12)c1csc(N)n1. The number of nitrogens with one attached hydrogen (secondary N) is 1. The summed E-state index contributed by atoms with van der Waals surface area (Å²) in [5.74, 6) is -3.42. The summed E-state index contributed by atoms with van der Waals surface area (Å²) in [4.78, 5) is 58.6. The molecule has 0 radical (unpaired) electrons. The Hall–Kier alpha value is -3.71. The molecule has 1 fully saturated rings. The number of hydrogen-bond acceptors (Lipinski definition) is 14. The van der Waals surface area contributed by atoms with Gasteiger partial charge in [-0.3, -0.25) is 19.3 Å². The molecule has 2 aliphatic rings. The quantitative estimate of drug-likeness (QED) is 0.115. The van der Waals surface area contributed by atoms with Crippen LogP contribution in [0.2, 0.25) is 0 Å². The van der Waals surface area contributed by atoms with Crippen molar-refractivity contribution < 1.29 is 34.2 Å². The van der Waals surface area contributed by atoms with Gasteiger partial charge in [-0.1, -0.05) is 16.9 Å². The van der Waals surface area contributed by atoms with Gasteiger partial charge in [0.05, 0.1) is 0 Å². The fraction of sp³-hybridized carbons (Fsp3) is 0.353. The number of β-lactam (4-membered cyclic amide) rings is 1. The normalized spacial score (nSPS) is 19.5. The highest BCUT2D eigenvalue weighted by Gasteiger charge is 2.54. The van der Waals surface area contributed by atoms with Crippen molar-refractivity contribution in [3.63, 3.8) is 0 Å². The molecule has 4 rings (SSSR count). The molecule has 1 unspecified atom stereocenters. The van der Waals surface area contributed by atoms with E-state index < -0.39 is 41.7 Å². The molecule has 190 valence electrons. The van der Waals surface area contributed by atoms with E-state index in [-0.39, 0.29) is 38.9 Å². The third-order valence-corrected chi connectivity index (χ3v) is 7.92. The number of rotatable bonds is 10. The average Bonchev–Trinajstić information content (AvgIpc) is 3.46. The number of hydrogen-bond donors (Lipinski definition) is 4. The molecule has 16 nitrogen and oxygen atoms in total. The van der Waals surface area contributed by atoms with Gasteiger partial charge in [0.2, 0.25) is 5.16 Å². The number of nitrogen functional groups attached to an aromatic ring is 1. The highest BCUT2D eigenvalue weighted by molar-refractivity contribution is 8.01. The van der Waals surface area contributed by atoms with Crippen LogP contribution in [0.3, 0.4) is 0 Å². The third-order valence-electron chi connectivity index (χ3n) is 4.86. The second kappa shape index (κ2) is 10.5. The van der Waals surface area contributed by atoms with Crippen molar-refractivity contribution in [1.82, 2.24) is 35.4 Å². The van der Waals surface area contributed by atoms with Gasteiger partial charge in [-0.05, 0) is 16.0 Å². The fourth-order valence-corrected chi connectivity index (χ4v) is 6.28. The second-order valence-electron chi connectivity index (χ2n) is 7.11. The number of nitrogens with two attached hydrogens (primary N) is 1. The number of tetrazole rings is 1. The Labute approximate surface area is 213 Å². The van der Waals surface area contributed by atoms with E-state index in [2.05, 4.69) is 31.0 Å². The number of fused-ring (bicyclic) bond motifs is 1. The minimum atomic E-state index is -1.31. The van der Waals surface area contributed by atoms with Crippen molar-refractivity contribution >= 4 is 69.5 Å². The molecule has 0 bridgehead atoms. The lowest BCUT2D eigenvalue weighted by Gasteiger charge is -2.49. The summed E-state index contributed by atoms with van der Waals surface area (Å²) in [5, 5.41) is 37.1. The molecule has 1 saturated heterocycles. The van der Waals surface area contributed by atoms with E-state index in [1.807, 2.05) is 0 Å². The van der Waals surface area contributed by atoms with Crippen LogP contribution in [0.5, 0.6) is 0 Å². The van der Waals surface area contributed by atoms with Crippen LogP contribution < -0.4 is 11.1 Å². The smallest absolute Gasteiger partial charge is 0.352 e. The molecule has 5 N–H and O–H groups in total. The number of oxime groups is 1. The summed E-state index contributed by atoms with van der Waals surface area (Å²) >= 11 is 3.42. The first-order valence-corrected chi connectivity index (χ1v) is 12.8. The number of carbonyl (C=O) groups excluding carboxylic acids is 2. The number of aliphatic carboxylic acids is 2. The van der Waals surface area contributed by atoms with Crippen LogP contribution in [0.4, 0.5) is 5.13 Å². The number of carboxylic acid groups (broad SMARTS) is 2. The molecule has 2 aromatic heterocycles. The molecule has 2 aromatic rings. The first-order chi connectivity index (χ1) is 17.2. The maximum atomic E-state index is 12.9. The Balaban J connectivity index is 1.48. The minimum absolute atomic E-state index is 0.109. The van der Waals surface area contributed by atoms with Gasteiger partial charge < -0.3 is 26.1 Å². The van der Waals surface area contributed by atoms with Crippen molar-refractivity contribution in [1.29, 1.82) is 0 Å². The molecule has 0 aliphatic carbocycles. The number of amides is 2. The standard InChI is InChI=1S/C17H17N9O7S3/c1-33-22-9(7-5-35-16(18)19-7)12(29)20-10-13(30)26-11(15(31)32)6(3-34-14(10)26)4-36-17-21-23-24-25(17)2-8(27)28/h5,10,14H,2-4H2,1H3,(H2,18,19)(H,20,29)(H,27,28)(H,31,32)/b22-9-/t10?,14-/m1/s1. The molecule has 0 saturated carbocycles. The van der Waals surface area contributed by atoms with E-state index >= 15 is 0 Å². The average molecular weight is 556 g/mol. The lowest BCUT2D eigenvalue weighted by molar-refractivity contribution is -0.150. The maximum Gasteiger partial charge on any atom is 0.352 e. The van der Waals surface area contributed by atoms with Crippen molar-refractivity contribution in [2.24, 2.45) is 5.16 Å². The van der Waals surface area contributed by atoms with Gasteiger partial charge in [-0.25, -0.2) is 14.5 Å². The van der Waals surface area contributed by atoms with Crippen LogP contribution in [0.25, 0.3) is 0 Å². The van der Waals surface area contributed by atoms with E-state index in [9.17, 15) is 24.3 Å². The summed E-state index contributed by atoms with van der Waals surface area (Å²) in [5.41, 5.74) is 5.84. The zero-order valence-electron chi connectivity index (χ0n) is 18.2. The number of thioether (sulfide) groups is 2. The van der Waals surface area contributed by atoms with E-state index in [1.165, 1.54) is 24.3 Å². The van der Waals surface area contributed by atoms with Crippen LogP contribution in [-0.4, -0.2) is 99.8 Å². The molecule has 0 aromatic carbocycles. The first kappa shape index (κ1) is 25.4. The lowest BCUT2D eigenvalue weighted by Crippen LogP contribution is -2.71. The van der Waals surface area contributed by atoms with Crippen LogP contribution >= 0.6 is 34.9 Å². The number of nitrogens with zero attached hydrogens (tertiary/aromatic N) is 7. The van der Waals surface area contributed by atoms with Crippen LogP contribution in [0.15, 0.2) is 27.0 Å². The zero-order valence-corrected chi connectivity index (χ0v) is 20.7. The predicted octanol–water partition coefficient (Wildman–Crippen LogP) is -1.32. The Kier molecular flexibility index (Phi) is 7.40. The van der Waals surface area contributed by atoms with Gasteiger partial charge in [0.15, 0.2) is 10.8 Å². The monoisotopic (exact) mass is 555 g/mol. The van der Waals surface area contributed by atoms with Crippen LogP contribution in [-0.2, 0) is 30.6 Å². The van der Waals surface area contributed by atoms with E-state index in [0.29, 0.717) is 5.57 Å². The Morgan fingerprint density at radius 3 is 2.81 bits per heavy atom. The summed E-state index contributed by atoms with van der Waals surface area (Å²) in [7, 11) is 1.25. The number of carbonyl (C=O) groups is 4. The Bertz CT molecular complexity index is 1290. The molecule has 4 heterocycles. The fourth-order valence-electron chi connectivity index (χ4n) is 3.37. The summed E-state index contributed by atoms with van der Waals surface area (Å²) in [6.07, 6.45) is 0. The van der Waals surface area contributed by atoms with Gasteiger partial charge in [0, 0.05) is 16.9 Å². The van der Waals surface area contributed by atoms with Crippen molar-refractivity contribution in [2.45, 2.75) is 23.1 Å². The molecule has 2 amide bonds. The predicted molar refractivity (Wildman–Crippen MR) is 126 cm³/mol. The van der Waals surface area contributed by atoms with E-state index in [1.54, 1.807) is 0 Å². The molecule has 0 spiro atoms. The topological polar surface area (TPSA) is 228 Å². The summed E-state index contributed by atoms with van der Waals surface area (Å²) in [6.45, 7) is -0.454. The Morgan fingerprint density at radius 1 is 1.39 bits per heavy atom. The minimum Gasteiger partial charge on any atom is -0.480 e. The lowest BCUT2D eigenvalue weighted by atomic mass is 10.0. The molecular weight excluding hydrogens is 538 g/mol. The molecule has 36 heavy (non-hydrogen) atoms. The van der Waals surface area contributed by atoms with Gasteiger partial charge in [0.1, 0.15) is 36.5 Å². The number of carboxylic acids is 2. The van der Waals surface area contributed by atoms with E-state index in [0.717, 1.165) is 32.7 Å². The van der Waals surface area contributed by atoms with Crippen LogP contribution in [0.1, 0.15) is 5.69 Å². The second-order valence-corrected chi connectivity index (χ2v) is 10.1. The largest absolute Gasteiger partial charge is 0.480 e. The van der Waals surface area contributed by atoms with Crippen molar-refractivity contribution in [3.05, 3.63) is 22.3 Å². The number of aromatic nitrogens is 5. The highest BCUT2D eigenvalue weighted by atomic mass is 32.2. The van der Waals surface area contributed by atoms with Crippen molar-refractivity contribution in [2.75, 3.05) is 24.3 Å². The van der Waals surface area contributed by atoms with E-state index in [4.69, 9.17) is 15.7 Å². The summed E-state index contributed by atoms with van der Waals surface area (Å²) in [6, 6.07) is -0.994. The van der Waals surface area contributed by atoms with Crippen molar-refractivity contribution in [3.8, 4) is 0 Å². The molecule has 2 aliphatic heterocycles. The van der Waals surface area contributed by atoms with Gasteiger partial charge in [-0.15, -0.1) is 28.2 Å². The number of thiazole rings is 1. The molecular formula is C17H17N9O7S3. The Morgan fingerprint density at radius 2 is 2.17 bits per heavy atom. The highest BCUT2D eigenvalue weighted by Crippen LogP contribution is 2.41. The molecule has 19 heteroatoms. The first-order valence-electron chi connectivity index (χ1n) is 9.85. The van der Waals surface area contributed by atoms with Gasteiger partial charge in [-0.2, -0.15) is 0 Å².